The number of rotatable bonds is 4. The third kappa shape index (κ3) is 5.29. The molecule has 1 aromatic carbocycles. The molecular formula is C18H24N2. The van der Waals surface area contributed by atoms with E-state index in [4.69, 9.17) is 0 Å². The van der Waals surface area contributed by atoms with E-state index >= 15 is 0 Å². The summed E-state index contributed by atoms with van der Waals surface area (Å²) in [6.45, 7) is 12.3. The summed E-state index contributed by atoms with van der Waals surface area (Å²) < 4.78 is 0. The number of hydrogen-bond donors (Lipinski definition) is 0. The molecule has 106 valence electrons. The molecule has 1 rings (SSSR count). The van der Waals surface area contributed by atoms with Crippen molar-refractivity contribution in [3.8, 4) is 23.9 Å². The van der Waals surface area contributed by atoms with Gasteiger partial charge in [-0.1, -0.05) is 6.07 Å². The largest absolute Gasteiger partial charge is 0.333 e. The van der Waals surface area contributed by atoms with Gasteiger partial charge in [-0.25, -0.2) is 0 Å². The highest BCUT2D eigenvalue weighted by Gasteiger charge is 1.93. The fourth-order valence-corrected chi connectivity index (χ4v) is 1.73. The second kappa shape index (κ2) is 8.94. The molecule has 0 bridgehead atoms. The van der Waals surface area contributed by atoms with Crippen molar-refractivity contribution in [2.75, 3.05) is 26.2 Å². The van der Waals surface area contributed by atoms with Crippen LogP contribution in [0.5, 0.6) is 0 Å². The fourth-order valence-electron chi connectivity index (χ4n) is 1.73. The molecule has 0 N–H and O–H groups in total. The van der Waals surface area contributed by atoms with Gasteiger partial charge in [0.2, 0.25) is 0 Å². The molecule has 0 fully saturated rings. The van der Waals surface area contributed by atoms with Crippen molar-refractivity contribution in [3.63, 3.8) is 0 Å². The van der Waals surface area contributed by atoms with Crippen LogP contribution in [0.25, 0.3) is 0 Å². The number of hydrogen-bond acceptors (Lipinski definition) is 2. The molecule has 0 atom stereocenters. The lowest BCUT2D eigenvalue weighted by molar-refractivity contribution is 0.444. The highest BCUT2D eigenvalue weighted by atomic mass is 15.1. The third-order valence-corrected chi connectivity index (χ3v) is 3.11. The van der Waals surface area contributed by atoms with E-state index in [0.717, 1.165) is 37.3 Å². The van der Waals surface area contributed by atoms with Crippen molar-refractivity contribution >= 4 is 0 Å². The van der Waals surface area contributed by atoms with Crippen molar-refractivity contribution in [2.24, 2.45) is 0 Å². The van der Waals surface area contributed by atoms with Crippen molar-refractivity contribution in [1.29, 1.82) is 0 Å². The van der Waals surface area contributed by atoms with Crippen molar-refractivity contribution in [3.05, 3.63) is 35.4 Å². The summed E-state index contributed by atoms with van der Waals surface area (Å²) in [7, 11) is 0. The lowest BCUT2D eigenvalue weighted by Gasteiger charge is -2.10. The molecule has 0 spiro atoms. The Balaban J connectivity index is 2.85. The summed E-state index contributed by atoms with van der Waals surface area (Å²) >= 11 is 0. The molecule has 0 aliphatic rings. The Labute approximate surface area is 123 Å². The summed E-state index contributed by atoms with van der Waals surface area (Å²) in [6.07, 6.45) is 0. The standard InChI is InChI=1S/C18H24N2/c1-5-19(6-2)14-12-17-10-9-11-18(16-17)13-15-20(7-3)8-4/h9-11,16H,5-8H2,1-4H3. The van der Waals surface area contributed by atoms with Crippen LogP contribution in [0, 0.1) is 23.9 Å². The van der Waals surface area contributed by atoms with Gasteiger partial charge in [0.15, 0.2) is 0 Å². The monoisotopic (exact) mass is 268 g/mol. The van der Waals surface area contributed by atoms with E-state index in [-0.39, 0.29) is 0 Å². The minimum atomic E-state index is 0.949. The quantitative estimate of drug-likeness (QED) is 0.612. The van der Waals surface area contributed by atoms with Gasteiger partial charge in [-0.2, -0.15) is 0 Å². The van der Waals surface area contributed by atoms with Crippen molar-refractivity contribution in [2.45, 2.75) is 27.7 Å². The first-order valence-electron chi connectivity index (χ1n) is 7.36. The molecule has 0 aliphatic heterocycles. The molecule has 0 saturated heterocycles. The van der Waals surface area contributed by atoms with E-state index in [9.17, 15) is 0 Å². The molecule has 0 unspecified atom stereocenters. The summed E-state index contributed by atoms with van der Waals surface area (Å²) in [5, 5.41) is 0. The van der Waals surface area contributed by atoms with Gasteiger partial charge in [-0.3, -0.25) is 0 Å². The third-order valence-electron chi connectivity index (χ3n) is 3.11. The van der Waals surface area contributed by atoms with Crippen LogP contribution in [0.3, 0.4) is 0 Å². The topological polar surface area (TPSA) is 6.48 Å². The average molecular weight is 268 g/mol. The van der Waals surface area contributed by atoms with E-state index < -0.39 is 0 Å². The zero-order valence-corrected chi connectivity index (χ0v) is 13.0. The molecule has 0 aliphatic carbocycles. The molecule has 0 aromatic heterocycles. The lowest BCUT2D eigenvalue weighted by Crippen LogP contribution is -2.16. The second-order valence-electron chi connectivity index (χ2n) is 4.40. The van der Waals surface area contributed by atoms with Gasteiger partial charge in [-0.15, -0.1) is 0 Å². The van der Waals surface area contributed by atoms with E-state index in [1.165, 1.54) is 0 Å². The summed E-state index contributed by atoms with van der Waals surface area (Å²) in [5.74, 6) is 6.39. The summed E-state index contributed by atoms with van der Waals surface area (Å²) in [6, 6.07) is 14.5. The SMILES string of the molecule is CCN(C#Cc1cccc(C#CN(CC)CC)c1)CC. The van der Waals surface area contributed by atoms with Gasteiger partial charge in [0.1, 0.15) is 0 Å². The number of nitrogens with zero attached hydrogens (tertiary/aromatic N) is 2. The molecule has 20 heavy (non-hydrogen) atoms. The van der Waals surface area contributed by atoms with Gasteiger partial charge in [0.25, 0.3) is 0 Å². The molecule has 0 heterocycles. The maximum Gasteiger partial charge on any atom is 0.0276 e. The van der Waals surface area contributed by atoms with Crippen LogP contribution in [0.1, 0.15) is 38.8 Å². The average Bonchev–Trinajstić information content (AvgIpc) is 2.50. The van der Waals surface area contributed by atoms with E-state index in [1.54, 1.807) is 0 Å². The van der Waals surface area contributed by atoms with E-state index in [0.29, 0.717) is 0 Å². The minimum absolute atomic E-state index is 0.949. The maximum absolute atomic E-state index is 3.20. The van der Waals surface area contributed by atoms with Crippen LogP contribution >= 0.6 is 0 Å². The van der Waals surface area contributed by atoms with Crippen molar-refractivity contribution < 1.29 is 0 Å². The second-order valence-corrected chi connectivity index (χ2v) is 4.40. The van der Waals surface area contributed by atoms with Crippen LogP contribution < -0.4 is 0 Å². The molecule has 2 heteroatoms. The molecule has 0 amide bonds. The predicted octanol–water partition coefficient (Wildman–Crippen LogP) is 2.99. The Morgan fingerprint density at radius 2 is 1.15 bits per heavy atom. The lowest BCUT2D eigenvalue weighted by atomic mass is 10.1. The highest BCUT2D eigenvalue weighted by Crippen LogP contribution is 2.03. The van der Waals surface area contributed by atoms with E-state index in [1.807, 2.05) is 24.3 Å². The van der Waals surface area contributed by atoms with Crippen molar-refractivity contribution in [1.82, 2.24) is 9.80 Å². The van der Waals surface area contributed by atoms with Gasteiger partial charge in [0, 0.05) is 49.4 Å². The highest BCUT2D eigenvalue weighted by molar-refractivity contribution is 5.43. The van der Waals surface area contributed by atoms with Gasteiger partial charge < -0.3 is 9.80 Å². The minimum Gasteiger partial charge on any atom is -0.333 e. The first-order chi connectivity index (χ1) is 9.73. The molecule has 0 radical (unpaired) electrons. The fraction of sp³-hybridized carbons (Fsp3) is 0.444. The zero-order chi connectivity index (χ0) is 14.8. The smallest absolute Gasteiger partial charge is 0.0276 e. The normalized spacial score (nSPS) is 9.00. The molecule has 0 saturated carbocycles. The van der Waals surface area contributed by atoms with Crippen LogP contribution in [0.2, 0.25) is 0 Å². The van der Waals surface area contributed by atoms with Crippen LogP contribution in [-0.2, 0) is 0 Å². The Morgan fingerprint density at radius 1 is 0.750 bits per heavy atom. The predicted molar refractivity (Wildman–Crippen MR) is 86.0 cm³/mol. The Hall–Kier alpha value is -2.06. The summed E-state index contributed by atoms with van der Waals surface area (Å²) in [4.78, 5) is 4.18. The van der Waals surface area contributed by atoms with Crippen LogP contribution in [0.4, 0.5) is 0 Å². The Kier molecular flexibility index (Phi) is 7.15. The maximum atomic E-state index is 3.20. The number of benzene rings is 1. The van der Waals surface area contributed by atoms with E-state index in [2.05, 4.69) is 61.4 Å². The Morgan fingerprint density at radius 3 is 1.50 bits per heavy atom. The van der Waals surface area contributed by atoms with Crippen LogP contribution in [-0.4, -0.2) is 36.0 Å². The molecular weight excluding hydrogens is 244 g/mol. The Bertz CT molecular complexity index is 472. The van der Waals surface area contributed by atoms with Gasteiger partial charge in [0.05, 0.1) is 0 Å². The zero-order valence-electron chi connectivity index (χ0n) is 13.0. The van der Waals surface area contributed by atoms with Crippen LogP contribution in [0.15, 0.2) is 24.3 Å². The molecule has 2 nitrogen and oxygen atoms in total. The molecule has 1 aromatic rings. The summed E-state index contributed by atoms with van der Waals surface area (Å²) in [5.41, 5.74) is 2.03. The van der Waals surface area contributed by atoms with Gasteiger partial charge in [-0.05, 0) is 57.7 Å². The van der Waals surface area contributed by atoms with Gasteiger partial charge >= 0.3 is 0 Å². The first-order valence-corrected chi connectivity index (χ1v) is 7.36. The first kappa shape index (κ1) is 16.0.